The Labute approximate surface area is 144 Å². The van der Waals surface area contributed by atoms with Gasteiger partial charge in [0.15, 0.2) is 0 Å². The standard InChI is InChI=1S/C15H12Br2N2OS/c1-20-14-7-13(10(16)6-11(14)17)19-12-4-3-5-15(21-2)9(12)8-18/h3-7,19H,1-2H3. The van der Waals surface area contributed by atoms with Gasteiger partial charge in [-0.2, -0.15) is 5.26 Å². The normalized spacial score (nSPS) is 10.0. The molecule has 0 unspecified atom stereocenters. The lowest BCUT2D eigenvalue weighted by Gasteiger charge is -2.14. The first-order valence-electron chi connectivity index (χ1n) is 5.98. The zero-order valence-corrected chi connectivity index (χ0v) is 15.4. The van der Waals surface area contributed by atoms with Crippen LogP contribution in [0.15, 0.2) is 44.2 Å². The second kappa shape index (κ2) is 7.21. The number of hydrogen-bond donors (Lipinski definition) is 1. The maximum absolute atomic E-state index is 9.38. The number of nitrogens with one attached hydrogen (secondary N) is 1. The lowest BCUT2D eigenvalue weighted by Crippen LogP contribution is -1.97. The van der Waals surface area contributed by atoms with Crippen LogP contribution in [0.2, 0.25) is 0 Å². The van der Waals surface area contributed by atoms with E-state index in [2.05, 4.69) is 43.2 Å². The van der Waals surface area contributed by atoms with E-state index < -0.39 is 0 Å². The Bertz CT molecular complexity index is 714. The van der Waals surface area contributed by atoms with E-state index in [0.717, 1.165) is 31.0 Å². The van der Waals surface area contributed by atoms with Crippen molar-refractivity contribution in [1.82, 2.24) is 0 Å². The molecule has 0 atom stereocenters. The van der Waals surface area contributed by atoms with Gasteiger partial charge in [-0.3, -0.25) is 0 Å². The molecule has 21 heavy (non-hydrogen) atoms. The van der Waals surface area contributed by atoms with Crippen LogP contribution in [0.5, 0.6) is 5.75 Å². The minimum atomic E-state index is 0.638. The van der Waals surface area contributed by atoms with Gasteiger partial charge in [0.2, 0.25) is 0 Å². The molecule has 0 saturated carbocycles. The summed E-state index contributed by atoms with van der Waals surface area (Å²) in [4.78, 5) is 0.947. The molecule has 0 saturated heterocycles. The van der Waals surface area contributed by atoms with Gasteiger partial charge in [-0.25, -0.2) is 0 Å². The highest BCUT2D eigenvalue weighted by molar-refractivity contribution is 9.11. The molecule has 0 aliphatic rings. The van der Waals surface area contributed by atoms with Crippen LogP contribution in [-0.4, -0.2) is 13.4 Å². The van der Waals surface area contributed by atoms with Gasteiger partial charge in [-0.05, 0) is 56.3 Å². The highest BCUT2D eigenvalue weighted by Gasteiger charge is 2.11. The first-order valence-corrected chi connectivity index (χ1v) is 8.79. The molecule has 0 spiro atoms. The highest BCUT2D eigenvalue weighted by atomic mass is 79.9. The van der Waals surface area contributed by atoms with Gasteiger partial charge in [0.25, 0.3) is 0 Å². The van der Waals surface area contributed by atoms with Crippen molar-refractivity contribution >= 4 is 55.0 Å². The molecule has 2 aromatic rings. The predicted octanol–water partition coefficient (Wildman–Crippen LogP) is 5.56. The van der Waals surface area contributed by atoms with Crippen molar-refractivity contribution in [2.24, 2.45) is 0 Å². The van der Waals surface area contributed by atoms with Gasteiger partial charge in [0.05, 0.1) is 28.5 Å². The van der Waals surface area contributed by atoms with Crippen LogP contribution in [0.1, 0.15) is 5.56 Å². The summed E-state index contributed by atoms with van der Waals surface area (Å²) < 4.78 is 7.05. The fourth-order valence-corrected chi connectivity index (χ4v) is 3.68. The number of benzene rings is 2. The van der Waals surface area contributed by atoms with Gasteiger partial charge in [0, 0.05) is 15.4 Å². The smallest absolute Gasteiger partial charge is 0.135 e. The van der Waals surface area contributed by atoms with Crippen molar-refractivity contribution in [3.8, 4) is 11.8 Å². The lowest BCUT2D eigenvalue weighted by atomic mass is 10.2. The van der Waals surface area contributed by atoms with Crippen LogP contribution in [0.25, 0.3) is 0 Å². The molecule has 0 fully saturated rings. The Morgan fingerprint density at radius 1 is 1.19 bits per heavy atom. The molecule has 0 aromatic heterocycles. The minimum absolute atomic E-state index is 0.638. The van der Waals surface area contributed by atoms with Crippen molar-refractivity contribution in [2.75, 3.05) is 18.7 Å². The summed E-state index contributed by atoms with van der Waals surface area (Å²) in [6, 6.07) is 11.8. The first-order chi connectivity index (χ1) is 10.1. The number of halogens is 2. The summed E-state index contributed by atoms with van der Waals surface area (Å²) >= 11 is 8.51. The van der Waals surface area contributed by atoms with Crippen LogP contribution in [0.4, 0.5) is 11.4 Å². The summed E-state index contributed by atoms with van der Waals surface area (Å²) in [5.41, 5.74) is 2.25. The largest absolute Gasteiger partial charge is 0.495 e. The van der Waals surface area contributed by atoms with E-state index in [9.17, 15) is 5.26 Å². The number of nitrogens with zero attached hydrogens (tertiary/aromatic N) is 1. The second-order valence-electron chi connectivity index (χ2n) is 4.09. The van der Waals surface area contributed by atoms with Gasteiger partial charge in [0.1, 0.15) is 11.8 Å². The summed E-state index contributed by atoms with van der Waals surface area (Å²) in [5.74, 6) is 0.722. The van der Waals surface area contributed by atoms with Crippen LogP contribution in [0, 0.1) is 11.3 Å². The van der Waals surface area contributed by atoms with Crippen molar-refractivity contribution in [3.63, 3.8) is 0 Å². The number of rotatable bonds is 4. The molecule has 108 valence electrons. The van der Waals surface area contributed by atoms with E-state index >= 15 is 0 Å². The fraction of sp³-hybridized carbons (Fsp3) is 0.133. The van der Waals surface area contributed by atoms with E-state index in [1.165, 1.54) is 0 Å². The molecule has 2 rings (SSSR count). The van der Waals surface area contributed by atoms with Crippen LogP contribution in [-0.2, 0) is 0 Å². The van der Waals surface area contributed by atoms with E-state index in [-0.39, 0.29) is 0 Å². The number of anilines is 2. The topological polar surface area (TPSA) is 45.0 Å². The molecular formula is C15H12Br2N2OS. The maximum Gasteiger partial charge on any atom is 0.135 e. The maximum atomic E-state index is 9.38. The van der Waals surface area contributed by atoms with Crippen molar-refractivity contribution in [1.29, 1.82) is 5.26 Å². The molecule has 0 heterocycles. The summed E-state index contributed by atoms with van der Waals surface area (Å²) in [7, 11) is 1.62. The molecule has 6 heteroatoms. The predicted molar refractivity (Wildman–Crippen MR) is 94.6 cm³/mol. The second-order valence-corrected chi connectivity index (χ2v) is 6.64. The molecule has 3 nitrogen and oxygen atoms in total. The van der Waals surface area contributed by atoms with Crippen molar-refractivity contribution in [3.05, 3.63) is 44.8 Å². The van der Waals surface area contributed by atoms with Gasteiger partial charge in [-0.1, -0.05) is 6.07 Å². The number of nitriles is 1. The Hall–Kier alpha value is -1.16. The number of thioether (sulfide) groups is 1. The molecule has 0 bridgehead atoms. The van der Waals surface area contributed by atoms with Crippen molar-refractivity contribution < 1.29 is 4.74 Å². The van der Waals surface area contributed by atoms with E-state index in [0.29, 0.717) is 5.56 Å². The third-order valence-corrected chi connectivity index (χ3v) is 4.92. The quantitative estimate of drug-likeness (QED) is 0.649. The minimum Gasteiger partial charge on any atom is -0.495 e. The third kappa shape index (κ3) is 3.54. The molecule has 0 amide bonds. The molecule has 0 aliphatic carbocycles. The number of hydrogen-bond acceptors (Lipinski definition) is 4. The average molecular weight is 428 g/mol. The van der Waals surface area contributed by atoms with Gasteiger partial charge < -0.3 is 10.1 Å². The number of ether oxygens (including phenoxy) is 1. The van der Waals surface area contributed by atoms with E-state index in [1.807, 2.05) is 36.6 Å². The van der Waals surface area contributed by atoms with Crippen LogP contribution in [0.3, 0.4) is 0 Å². The summed E-state index contributed by atoms with van der Waals surface area (Å²) in [6.07, 6.45) is 1.96. The van der Waals surface area contributed by atoms with Gasteiger partial charge >= 0.3 is 0 Å². The molecular weight excluding hydrogens is 416 g/mol. The fourth-order valence-electron chi connectivity index (χ4n) is 1.85. The number of methoxy groups -OCH3 is 1. The SMILES string of the molecule is COc1cc(Nc2cccc(SC)c2C#N)c(Br)cc1Br. The first kappa shape index (κ1) is 16.2. The Balaban J connectivity index is 2.46. The molecule has 0 aliphatic heterocycles. The monoisotopic (exact) mass is 426 g/mol. The van der Waals surface area contributed by atoms with Crippen LogP contribution >= 0.6 is 43.6 Å². The van der Waals surface area contributed by atoms with E-state index in [1.54, 1.807) is 18.9 Å². The Kier molecular flexibility index (Phi) is 5.57. The van der Waals surface area contributed by atoms with E-state index in [4.69, 9.17) is 4.74 Å². The molecule has 1 N–H and O–H groups in total. The summed E-state index contributed by atoms with van der Waals surface area (Å²) in [6.45, 7) is 0. The Morgan fingerprint density at radius 3 is 2.57 bits per heavy atom. The van der Waals surface area contributed by atoms with Crippen molar-refractivity contribution in [2.45, 2.75) is 4.90 Å². The Morgan fingerprint density at radius 2 is 1.95 bits per heavy atom. The van der Waals surface area contributed by atoms with Gasteiger partial charge in [-0.15, -0.1) is 11.8 Å². The highest BCUT2D eigenvalue weighted by Crippen LogP contribution is 2.37. The zero-order chi connectivity index (χ0) is 15.4. The third-order valence-electron chi connectivity index (χ3n) is 2.87. The molecule has 0 radical (unpaired) electrons. The summed E-state index contributed by atoms with van der Waals surface area (Å²) in [5, 5.41) is 12.7. The van der Waals surface area contributed by atoms with Crippen LogP contribution < -0.4 is 10.1 Å². The average Bonchev–Trinajstić information content (AvgIpc) is 2.49. The zero-order valence-electron chi connectivity index (χ0n) is 11.4. The molecule has 2 aromatic carbocycles. The lowest BCUT2D eigenvalue weighted by molar-refractivity contribution is 0.412.